The molecule has 0 unspecified atom stereocenters. The van der Waals surface area contributed by atoms with E-state index in [0.29, 0.717) is 19.1 Å². The van der Waals surface area contributed by atoms with E-state index in [2.05, 4.69) is 0 Å². The maximum Gasteiger partial charge on any atom is 2.00 e. The van der Waals surface area contributed by atoms with Gasteiger partial charge in [-0.3, -0.25) is 0 Å². The smallest absolute Gasteiger partial charge is 1.00 e. The van der Waals surface area contributed by atoms with Crippen molar-refractivity contribution in [2.45, 2.75) is 26.6 Å². The van der Waals surface area contributed by atoms with Gasteiger partial charge in [0.15, 0.2) is 6.29 Å². The normalized spacial score (nSPS) is 9.82. The number of hydrogen-bond acceptors (Lipinski definition) is 2. The van der Waals surface area contributed by atoms with Gasteiger partial charge in [-0.1, -0.05) is 0 Å². The Morgan fingerprint density at radius 1 is 1.27 bits per heavy atom. The van der Waals surface area contributed by atoms with Crippen LogP contribution in [0.5, 0.6) is 0 Å². The molecule has 0 aliphatic rings. The van der Waals surface area contributed by atoms with E-state index >= 15 is 0 Å². The minimum atomic E-state index is -0.104. The Morgan fingerprint density at radius 3 is 2.00 bits per heavy atom. The van der Waals surface area contributed by atoms with E-state index in [-0.39, 0.29) is 32.2 Å². The number of halogens is 1. The van der Waals surface area contributed by atoms with Gasteiger partial charge in [-0.05, 0) is 13.8 Å². The quantitative estimate of drug-likeness (QED) is 0.364. The van der Waals surface area contributed by atoms with Crippen LogP contribution >= 0.6 is 11.6 Å². The van der Waals surface area contributed by atoms with Crippen molar-refractivity contribution < 1.29 is 12.3 Å². The van der Waals surface area contributed by atoms with Gasteiger partial charge in [0, 0.05) is 25.5 Å². The van der Waals surface area contributed by atoms with E-state index in [1.54, 1.807) is 0 Å². The Kier molecular flexibility index (Phi) is 14.5. The predicted octanol–water partition coefficient (Wildman–Crippen LogP) is 1.86. The third-order valence-corrected chi connectivity index (χ3v) is 1.27. The molecule has 0 aromatic rings. The summed E-state index contributed by atoms with van der Waals surface area (Å²) in [6, 6.07) is 0. The van der Waals surface area contributed by atoms with E-state index in [1.165, 1.54) is 0 Å². The summed E-state index contributed by atoms with van der Waals surface area (Å²) < 4.78 is 10.4. The first-order chi connectivity index (χ1) is 4.85. The minimum Gasteiger partial charge on any atom is -1.00 e. The van der Waals surface area contributed by atoms with Crippen LogP contribution < -0.4 is 0 Å². The molecule has 0 aliphatic heterocycles. The van der Waals surface area contributed by atoms with Crippen LogP contribution in [0.3, 0.4) is 0 Å². The zero-order valence-electron chi connectivity index (χ0n) is 9.31. The fourth-order valence-electron chi connectivity index (χ4n) is 0.676. The molecule has 0 N–H and O–H groups in total. The SMILES string of the molecule is CCOC(CCCl)OCC.[H-].[H-].[Mg+2]. The summed E-state index contributed by atoms with van der Waals surface area (Å²) in [4.78, 5) is 0. The number of rotatable bonds is 6. The molecule has 0 spiro atoms. The molecule has 0 rings (SSSR count). The molecule has 0 aromatic heterocycles. The molecule has 0 heterocycles. The molecule has 2 nitrogen and oxygen atoms in total. The summed E-state index contributed by atoms with van der Waals surface area (Å²) in [6.07, 6.45) is 0.663. The van der Waals surface area contributed by atoms with Crippen molar-refractivity contribution in [2.24, 2.45) is 0 Å². The second-order valence-electron chi connectivity index (χ2n) is 1.82. The van der Waals surface area contributed by atoms with Crippen molar-refractivity contribution in [1.82, 2.24) is 0 Å². The molecule has 0 aliphatic carbocycles. The molecule has 0 radical (unpaired) electrons. The molecule has 4 heteroatoms. The zero-order valence-corrected chi connectivity index (χ0v) is 9.48. The Balaban J connectivity index is -0.000000135. The first-order valence-corrected chi connectivity index (χ1v) is 4.17. The second-order valence-corrected chi connectivity index (χ2v) is 2.20. The number of alkyl halides is 1. The van der Waals surface area contributed by atoms with Crippen molar-refractivity contribution in [3.05, 3.63) is 0 Å². The van der Waals surface area contributed by atoms with Gasteiger partial charge in [0.2, 0.25) is 0 Å². The predicted molar refractivity (Wildman–Crippen MR) is 50.4 cm³/mol. The van der Waals surface area contributed by atoms with Crippen LogP contribution in [-0.4, -0.2) is 48.4 Å². The van der Waals surface area contributed by atoms with Crippen molar-refractivity contribution in [3.63, 3.8) is 0 Å². The molecule has 0 amide bonds. The van der Waals surface area contributed by atoms with Gasteiger partial charge in [-0.2, -0.15) is 0 Å². The minimum absolute atomic E-state index is 0. The van der Waals surface area contributed by atoms with Gasteiger partial charge in [0.05, 0.1) is 0 Å². The third-order valence-electron chi connectivity index (χ3n) is 1.05. The van der Waals surface area contributed by atoms with Crippen molar-refractivity contribution in [2.75, 3.05) is 19.1 Å². The van der Waals surface area contributed by atoms with E-state index < -0.39 is 0 Å². The molecule has 66 valence electrons. The molecule has 0 bridgehead atoms. The van der Waals surface area contributed by atoms with Crippen LogP contribution in [0.25, 0.3) is 0 Å². The van der Waals surface area contributed by atoms with Crippen LogP contribution in [0.1, 0.15) is 23.1 Å². The summed E-state index contributed by atoms with van der Waals surface area (Å²) in [6.45, 7) is 5.25. The monoisotopic (exact) mass is 192 g/mol. The number of hydrogen-bond donors (Lipinski definition) is 0. The Hall–Kier alpha value is 0.976. The molecular formula is C7H17ClMgO2. The topological polar surface area (TPSA) is 18.5 Å². The molecular weight excluding hydrogens is 176 g/mol. The van der Waals surface area contributed by atoms with Crippen molar-refractivity contribution in [1.29, 1.82) is 0 Å². The average Bonchev–Trinajstić information content (AvgIpc) is 1.90. The van der Waals surface area contributed by atoms with Crippen LogP contribution in [0.2, 0.25) is 0 Å². The van der Waals surface area contributed by atoms with E-state index in [4.69, 9.17) is 21.1 Å². The number of ether oxygens (including phenoxy) is 2. The van der Waals surface area contributed by atoms with E-state index in [9.17, 15) is 0 Å². The first kappa shape index (κ1) is 14.5. The van der Waals surface area contributed by atoms with Crippen LogP contribution in [-0.2, 0) is 9.47 Å². The van der Waals surface area contributed by atoms with Gasteiger partial charge in [0.25, 0.3) is 0 Å². The summed E-state index contributed by atoms with van der Waals surface area (Å²) in [5, 5.41) is 0. The molecule has 11 heavy (non-hydrogen) atoms. The van der Waals surface area contributed by atoms with E-state index in [1.807, 2.05) is 13.8 Å². The molecule has 0 atom stereocenters. The van der Waals surface area contributed by atoms with Gasteiger partial charge in [-0.25, -0.2) is 0 Å². The molecule has 0 fully saturated rings. The average molecular weight is 193 g/mol. The fraction of sp³-hybridized carbons (Fsp3) is 1.00. The maximum absolute atomic E-state index is 5.51. The van der Waals surface area contributed by atoms with Crippen molar-refractivity contribution >= 4 is 34.7 Å². The van der Waals surface area contributed by atoms with Crippen LogP contribution in [0.15, 0.2) is 0 Å². The van der Waals surface area contributed by atoms with Crippen molar-refractivity contribution in [3.8, 4) is 0 Å². The van der Waals surface area contributed by atoms with Gasteiger partial charge < -0.3 is 12.3 Å². The summed E-state index contributed by atoms with van der Waals surface area (Å²) in [5.74, 6) is 0.588. The molecule has 0 aromatic carbocycles. The molecule has 0 saturated heterocycles. The Morgan fingerprint density at radius 2 is 1.73 bits per heavy atom. The van der Waals surface area contributed by atoms with Gasteiger partial charge in [-0.15, -0.1) is 11.6 Å². The Labute approximate surface area is 92.7 Å². The van der Waals surface area contributed by atoms with Crippen LogP contribution in [0.4, 0.5) is 0 Å². The second kappa shape index (κ2) is 11.0. The molecule has 0 saturated carbocycles. The van der Waals surface area contributed by atoms with E-state index in [0.717, 1.165) is 6.42 Å². The standard InChI is InChI=1S/C7H15ClO2.Mg.2H/c1-3-9-7(5-6-8)10-4-2;;;/h7H,3-6H2,1-2H3;;;/q;+2;2*-1. The fourth-order valence-corrected chi connectivity index (χ4v) is 0.854. The van der Waals surface area contributed by atoms with Crippen LogP contribution in [0, 0.1) is 0 Å². The van der Waals surface area contributed by atoms with Gasteiger partial charge in [0.1, 0.15) is 0 Å². The van der Waals surface area contributed by atoms with Gasteiger partial charge >= 0.3 is 23.1 Å². The largest absolute Gasteiger partial charge is 2.00 e. The zero-order chi connectivity index (χ0) is 7.82. The first-order valence-electron chi connectivity index (χ1n) is 3.64. The maximum atomic E-state index is 5.51. The Bertz CT molecular complexity index is 67.2. The summed E-state index contributed by atoms with van der Waals surface area (Å²) in [7, 11) is 0. The third kappa shape index (κ3) is 8.89. The summed E-state index contributed by atoms with van der Waals surface area (Å²) in [5.41, 5.74) is 0. The summed E-state index contributed by atoms with van der Waals surface area (Å²) >= 11 is 5.51.